The van der Waals surface area contributed by atoms with Crippen LogP contribution in [0.2, 0.25) is 0 Å². The van der Waals surface area contributed by atoms with Crippen molar-refractivity contribution in [2.24, 2.45) is 0 Å². The van der Waals surface area contributed by atoms with E-state index in [0.717, 1.165) is 0 Å². The number of nitrogens with one attached hydrogen (secondary N) is 2. The van der Waals surface area contributed by atoms with Gasteiger partial charge >= 0.3 is 0 Å². The maximum Gasteiger partial charge on any atom is 0.254 e. The van der Waals surface area contributed by atoms with Crippen molar-refractivity contribution in [3.8, 4) is 0 Å². The molecule has 2 aromatic rings. The van der Waals surface area contributed by atoms with Crippen LogP contribution in [-0.4, -0.2) is 26.5 Å². The highest BCUT2D eigenvalue weighted by Gasteiger charge is 2.16. The number of halogens is 1. The summed E-state index contributed by atoms with van der Waals surface area (Å²) in [5.41, 5.74) is -0.0113. The lowest BCUT2D eigenvalue weighted by Crippen LogP contribution is -2.28. The Morgan fingerprint density at radius 2 is 2.24 bits per heavy atom. The number of hydrogen-bond donors (Lipinski definition) is 2. The van der Waals surface area contributed by atoms with E-state index in [2.05, 4.69) is 25.9 Å². The number of hydrogen-bond acceptors (Lipinski definition) is 4. The fourth-order valence-corrected chi connectivity index (χ4v) is 1.34. The number of amides is 1. The summed E-state index contributed by atoms with van der Waals surface area (Å²) in [6, 6.07) is 5.31. The highest BCUT2D eigenvalue weighted by Crippen LogP contribution is 2.09. The maximum absolute atomic E-state index is 13.3. The van der Waals surface area contributed by atoms with Gasteiger partial charge in [0.15, 0.2) is 5.82 Å². The highest BCUT2D eigenvalue weighted by atomic mass is 19.1. The first-order valence-corrected chi connectivity index (χ1v) is 4.97. The molecule has 0 saturated heterocycles. The zero-order valence-corrected chi connectivity index (χ0v) is 9.01. The molecule has 6 nitrogen and oxygen atoms in total. The topological polar surface area (TPSA) is 83.6 Å². The van der Waals surface area contributed by atoms with Crippen molar-refractivity contribution in [3.63, 3.8) is 0 Å². The van der Waals surface area contributed by atoms with Crippen LogP contribution in [0.4, 0.5) is 4.39 Å². The number of aromatic nitrogens is 4. The molecular formula is C10H10FN5O. The summed E-state index contributed by atoms with van der Waals surface area (Å²) in [5.74, 6) is -0.736. The molecule has 17 heavy (non-hydrogen) atoms. The van der Waals surface area contributed by atoms with Gasteiger partial charge in [0.25, 0.3) is 5.91 Å². The van der Waals surface area contributed by atoms with E-state index in [4.69, 9.17) is 0 Å². The van der Waals surface area contributed by atoms with Gasteiger partial charge < -0.3 is 5.32 Å². The molecule has 1 aromatic heterocycles. The zero-order valence-electron chi connectivity index (χ0n) is 9.01. The fourth-order valence-electron chi connectivity index (χ4n) is 1.34. The number of carbonyl (C=O) groups is 1. The van der Waals surface area contributed by atoms with Crippen LogP contribution in [0.1, 0.15) is 29.1 Å². The van der Waals surface area contributed by atoms with Crippen LogP contribution in [0.15, 0.2) is 24.3 Å². The van der Waals surface area contributed by atoms with E-state index in [9.17, 15) is 9.18 Å². The van der Waals surface area contributed by atoms with E-state index >= 15 is 0 Å². The lowest BCUT2D eigenvalue weighted by atomic mass is 10.2. The highest BCUT2D eigenvalue weighted by molar-refractivity contribution is 5.94. The largest absolute Gasteiger partial charge is 0.342 e. The zero-order chi connectivity index (χ0) is 12.3. The molecule has 0 aliphatic heterocycles. The molecule has 1 unspecified atom stereocenters. The third-order valence-electron chi connectivity index (χ3n) is 2.22. The molecule has 2 rings (SSSR count). The van der Waals surface area contributed by atoms with Crippen molar-refractivity contribution in [2.75, 3.05) is 0 Å². The number of tetrazole rings is 1. The molecule has 2 N–H and O–H groups in total. The smallest absolute Gasteiger partial charge is 0.254 e. The Morgan fingerprint density at radius 3 is 2.88 bits per heavy atom. The lowest BCUT2D eigenvalue weighted by molar-refractivity contribution is 0.0934. The molecule has 88 valence electrons. The minimum Gasteiger partial charge on any atom is -0.342 e. The van der Waals surface area contributed by atoms with E-state index in [0.29, 0.717) is 5.82 Å². The molecule has 0 aliphatic rings. The third-order valence-corrected chi connectivity index (χ3v) is 2.22. The first kappa shape index (κ1) is 11.2. The molecule has 0 spiro atoms. The summed E-state index contributed by atoms with van der Waals surface area (Å²) >= 11 is 0. The third kappa shape index (κ3) is 2.44. The first-order valence-electron chi connectivity index (χ1n) is 4.97. The number of H-pyrrole nitrogens is 1. The Bertz CT molecular complexity index is 513. The predicted molar refractivity (Wildman–Crippen MR) is 56.5 cm³/mol. The van der Waals surface area contributed by atoms with E-state index in [1.165, 1.54) is 18.2 Å². The van der Waals surface area contributed by atoms with Gasteiger partial charge in [0.1, 0.15) is 5.82 Å². The second-order valence-electron chi connectivity index (χ2n) is 3.44. The van der Waals surface area contributed by atoms with Gasteiger partial charge in [-0.15, -0.1) is 10.2 Å². The van der Waals surface area contributed by atoms with Crippen molar-refractivity contribution in [2.45, 2.75) is 13.0 Å². The number of nitrogens with zero attached hydrogens (tertiary/aromatic N) is 3. The molecule has 0 aliphatic carbocycles. The Labute approximate surface area is 96.2 Å². The molecule has 7 heteroatoms. The van der Waals surface area contributed by atoms with Crippen LogP contribution in [-0.2, 0) is 0 Å². The van der Waals surface area contributed by atoms with Crippen molar-refractivity contribution in [1.82, 2.24) is 25.9 Å². The van der Waals surface area contributed by atoms with Crippen LogP contribution >= 0.6 is 0 Å². The van der Waals surface area contributed by atoms with Gasteiger partial charge in [0.05, 0.1) is 11.6 Å². The van der Waals surface area contributed by atoms with Crippen molar-refractivity contribution in [1.29, 1.82) is 0 Å². The second-order valence-corrected chi connectivity index (χ2v) is 3.44. The summed E-state index contributed by atoms with van der Waals surface area (Å²) in [7, 11) is 0. The van der Waals surface area contributed by atoms with Crippen LogP contribution in [0.5, 0.6) is 0 Å². The van der Waals surface area contributed by atoms with E-state index in [-0.39, 0.29) is 5.56 Å². The van der Waals surface area contributed by atoms with Crippen LogP contribution in [0.3, 0.4) is 0 Å². The Kier molecular flexibility index (Phi) is 3.08. The Hall–Kier alpha value is -2.31. The normalized spacial score (nSPS) is 12.1. The minimum absolute atomic E-state index is 0.0113. The fraction of sp³-hybridized carbons (Fsp3) is 0.200. The number of carbonyl (C=O) groups excluding carboxylic acids is 1. The SMILES string of the molecule is CC(NC(=O)c1ccccc1F)c1nn[nH]n1. The predicted octanol–water partition coefficient (Wildman–Crippen LogP) is 0.830. The van der Waals surface area contributed by atoms with Gasteiger partial charge in [-0.2, -0.15) is 5.21 Å². The van der Waals surface area contributed by atoms with E-state index in [1.54, 1.807) is 13.0 Å². The summed E-state index contributed by atoms with van der Waals surface area (Å²) in [5, 5.41) is 15.7. The average Bonchev–Trinajstić information content (AvgIpc) is 2.82. The van der Waals surface area contributed by atoms with Crippen molar-refractivity contribution < 1.29 is 9.18 Å². The molecule has 0 fully saturated rings. The van der Waals surface area contributed by atoms with Gasteiger partial charge in [-0.25, -0.2) is 4.39 Å². The number of rotatable bonds is 3. The van der Waals surface area contributed by atoms with Crippen molar-refractivity contribution in [3.05, 3.63) is 41.5 Å². The van der Waals surface area contributed by atoms with Crippen LogP contribution in [0, 0.1) is 5.82 Å². The molecule has 1 aromatic carbocycles. The van der Waals surface area contributed by atoms with Gasteiger partial charge in [-0.1, -0.05) is 17.3 Å². The van der Waals surface area contributed by atoms with Gasteiger partial charge in [0.2, 0.25) is 0 Å². The Balaban J connectivity index is 2.10. The molecule has 0 radical (unpaired) electrons. The maximum atomic E-state index is 13.3. The monoisotopic (exact) mass is 235 g/mol. The van der Waals surface area contributed by atoms with Gasteiger partial charge in [0, 0.05) is 0 Å². The quantitative estimate of drug-likeness (QED) is 0.825. The lowest BCUT2D eigenvalue weighted by Gasteiger charge is -2.10. The van der Waals surface area contributed by atoms with Crippen LogP contribution in [0.25, 0.3) is 0 Å². The molecule has 1 atom stereocenters. The van der Waals surface area contributed by atoms with Gasteiger partial charge in [-0.05, 0) is 19.1 Å². The summed E-state index contributed by atoms with van der Waals surface area (Å²) in [6.45, 7) is 1.68. The summed E-state index contributed by atoms with van der Waals surface area (Å²) in [4.78, 5) is 11.7. The van der Waals surface area contributed by atoms with Crippen molar-refractivity contribution >= 4 is 5.91 Å². The van der Waals surface area contributed by atoms with E-state index in [1.807, 2.05) is 0 Å². The molecule has 0 bridgehead atoms. The summed E-state index contributed by atoms with van der Waals surface area (Å²) < 4.78 is 13.3. The Morgan fingerprint density at radius 1 is 1.47 bits per heavy atom. The number of benzene rings is 1. The standard InChI is InChI=1S/C10H10FN5O/c1-6(9-13-15-16-14-9)12-10(17)7-4-2-3-5-8(7)11/h2-6H,1H3,(H,12,17)(H,13,14,15,16). The number of aromatic amines is 1. The second kappa shape index (κ2) is 4.69. The molecular weight excluding hydrogens is 225 g/mol. The first-order chi connectivity index (χ1) is 8.18. The van der Waals surface area contributed by atoms with E-state index < -0.39 is 17.8 Å². The minimum atomic E-state index is -0.565. The van der Waals surface area contributed by atoms with Crippen LogP contribution < -0.4 is 5.32 Å². The molecule has 1 heterocycles. The summed E-state index contributed by atoms with van der Waals surface area (Å²) in [6.07, 6.45) is 0. The van der Waals surface area contributed by atoms with Gasteiger partial charge in [-0.3, -0.25) is 4.79 Å². The molecule has 0 saturated carbocycles. The molecule has 1 amide bonds. The average molecular weight is 235 g/mol.